The number of nitrogens with two attached hydrogens (primary N) is 1. The van der Waals surface area contributed by atoms with E-state index in [9.17, 15) is 14.9 Å². The normalized spacial score (nSPS) is 10.5. The molecule has 0 aliphatic heterocycles. The SMILES string of the molecule is Nc1ccc([N+](=O)[O-])cc1C(=O)Nc1ccnc2ccnn12. The standard InChI is InChI=1S/C13H10N6O3/c14-10-2-1-8(19(21)22)7-9(10)13(20)17-12-3-5-15-11-4-6-16-18(11)12/h1-7H,14H2,(H,17,20). The number of non-ortho nitro benzene ring substituents is 1. The number of rotatable bonds is 3. The van der Waals surface area contributed by atoms with Crippen LogP contribution in [0.25, 0.3) is 5.65 Å². The summed E-state index contributed by atoms with van der Waals surface area (Å²) in [5.41, 5.74) is 6.24. The minimum Gasteiger partial charge on any atom is -0.398 e. The van der Waals surface area contributed by atoms with E-state index < -0.39 is 10.8 Å². The number of amides is 1. The lowest BCUT2D eigenvalue weighted by molar-refractivity contribution is -0.384. The molecule has 0 saturated carbocycles. The number of aromatic nitrogens is 3. The van der Waals surface area contributed by atoms with Gasteiger partial charge in [0.15, 0.2) is 5.65 Å². The number of carbonyl (C=O) groups is 1. The summed E-state index contributed by atoms with van der Waals surface area (Å²) >= 11 is 0. The smallest absolute Gasteiger partial charge is 0.270 e. The van der Waals surface area contributed by atoms with Crippen LogP contribution in [0.15, 0.2) is 42.7 Å². The summed E-state index contributed by atoms with van der Waals surface area (Å²) in [4.78, 5) is 26.6. The molecule has 0 spiro atoms. The van der Waals surface area contributed by atoms with Crippen LogP contribution in [0.2, 0.25) is 0 Å². The second kappa shape index (κ2) is 5.13. The maximum atomic E-state index is 12.3. The van der Waals surface area contributed by atoms with E-state index >= 15 is 0 Å². The lowest BCUT2D eigenvalue weighted by Crippen LogP contribution is -2.16. The van der Waals surface area contributed by atoms with Gasteiger partial charge in [0.05, 0.1) is 16.7 Å². The van der Waals surface area contributed by atoms with Gasteiger partial charge in [-0.3, -0.25) is 14.9 Å². The predicted octanol–water partition coefficient (Wildman–Crippen LogP) is 1.47. The molecule has 1 aromatic carbocycles. The Hall–Kier alpha value is -3.49. The van der Waals surface area contributed by atoms with Gasteiger partial charge in [0, 0.05) is 30.1 Å². The van der Waals surface area contributed by atoms with Crippen LogP contribution in [0.1, 0.15) is 10.4 Å². The van der Waals surface area contributed by atoms with E-state index in [4.69, 9.17) is 5.73 Å². The Bertz CT molecular complexity index is 888. The Morgan fingerprint density at radius 2 is 2.09 bits per heavy atom. The number of carbonyl (C=O) groups excluding carboxylic acids is 1. The maximum Gasteiger partial charge on any atom is 0.270 e. The van der Waals surface area contributed by atoms with Crippen molar-refractivity contribution in [3.05, 3.63) is 58.4 Å². The molecule has 0 atom stereocenters. The van der Waals surface area contributed by atoms with Gasteiger partial charge in [-0.15, -0.1) is 0 Å². The molecule has 0 aliphatic carbocycles. The zero-order valence-electron chi connectivity index (χ0n) is 11.1. The third-order valence-corrected chi connectivity index (χ3v) is 3.02. The Labute approximate surface area is 123 Å². The molecule has 110 valence electrons. The number of anilines is 2. The molecule has 0 bridgehead atoms. The molecule has 2 heterocycles. The number of nitrogen functional groups attached to an aromatic ring is 1. The molecule has 0 radical (unpaired) electrons. The van der Waals surface area contributed by atoms with E-state index in [0.717, 1.165) is 6.07 Å². The molecule has 3 aromatic rings. The summed E-state index contributed by atoms with van der Waals surface area (Å²) in [6.07, 6.45) is 3.06. The fraction of sp³-hybridized carbons (Fsp3) is 0. The summed E-state index contributed by atoms with van der Waals surface area (Å²) in [6, 6.07) is 6.93. The first-order valence-corrected chi connectivity index (χ1v) is 6.20. The molecule has 1 amide bonds. The van der Waals surface area contributed by atoms with Gasteiger partial charge in [-0.1, -0.05) is 0 Å². The highest BCUT2D eigenvalue weighted by Crippen LogP contribution is 2.21. The molecular weight excluding hydrogens is 288 g/mol. The lowest BCUT2D eigenvalue weighted by atomic mass is 10.1. The molecule has 0 aliphatic rings. The van der Waals surface area contributed by atoms with Crippen LogP contribution in [0, 0.1) is 10.1 Å². The van der Waals surface area contributed by atoms with E-state index in [-0.39, 0.29) is 16.9 Å². The van der Waals surface area contributed by atoms with Crippen molar-refractivity contribution < 1.29 is 9.72 Å². The van der Waals surface area contributed by atoms with Gasteiger partial charge >= 0.3 is 0 Å². The molecule has 0 unspecified atom stereocenters. The number of hydrogen-bond acceptors (Lipinski definition) is 6. The number of nitro groups is 1. The van der Waals surface area contributed by atoms with E-state index in [2.05, 4.69) is 15.4 Å². The van der Waals surface area contributed by atoms with Gasteiger partial charge in [0.2, 0.25) is 0 Å². The van der Waals surface area contributed by atoms with Crippen LogP contribution in [-0.4, -0.2) is 25.4 Å². The third kappa shape index (κ3) is 2.30. The molecule has 9 nitrogen and oxygen atoms in total. The lowest BCUT2D eigenvalue weighted by Gasteiger charge is -2.08. The Morgan fingerprint density at radius 1 is 1.27 bits per heavy atom. The van der Waals surface area contributed by atoms with Gasteiger partial charge in [0.25, 0.3) is 11.6 Å². The number of nitrogens with zero attached hydrogens (tertiary/aromatic N) is 4. The maximum absolute atomic E-state index is 12.3. The largest absolute Gasteiger partial charge is 0.398 e. The first-order chi connectivity index (χ1) is 10.6. The predicted molar refractivity (Wildman–Crippen MR) is 78.4 cm³/mol. The molecule has 9 heteroatoms. The van der Waals surface area contributed by atoms with Crippen LogP contribution < -0.4 is 11.1 Å². The van der Waals surface area contributed by atoms with Gasteiger partial charge < -0.3 is 11.1 Å². The first-order valence-electron chi connectivity index (χ1n) is 6.20. The van der Waals surface area contributed by atoms with Crippen molar-refractivity contribution in [2.75, 3.05) is 11.1 Å². The highest BCUT2D eigenvalue weighted by molar-refractivity contribution is 6.07. The first kappa shape index (κ1) is 13.5. The highest BCUT2D eigenvalue weighted by Gasteiger charge is 2.16. The number of nitrogens with one attached hydrogen (secondary N) is 1. The van der Waals surface area contributed by atoms with Crippen molar-refractivity contribution >= 4 is 28.7 Å². The fourth-order valence-corrected chi connectivity index (χ4v) is 1.97. The van der Waals surface area contributed by atoms with Crippen LogP contribution in [0.3, 0.4) is 0 Å². The van der Waals surface area contributed by atoms with Crippen LogP contribution in [0.5, 0.6) is 0 Å². The van der Waals surface area contributed by atoms with Crippen molar-refractivity contribution in [2.45, 2.75) is 0 Å². The average molecular weight is 298 g/mol. The molecule has 3 N–H and O–H groups in total. The van der Waals surface area contributed by atoms with Crippen molar-refractivity contribution in [3.8, 4) is 0 Å². The monoisotopic (exact) mass is 298 g/mol. The van der Waals surface area contributed by atoms with Crippen molar-refractivity contribution in [3.63, 3.8) is 0 Å². The van der Waals surface area contributed by atoms with E-state index in [0.29, 0.717) is 11.5 Å². The second-order valence-corrected chi connectivity index (χ2v) is 4.41. The number of hydrogen-bond donors (Lipinski definition) is 2. The van der Waals surface area contributed by atoms with Crippen molar-refractivity contribution in [1.82, 2.24) is 14.6 Å². The van der Waals surface area contributed by atoms with Gasteiger partial charge in [-0.25, -0.2) is 4.98 Å². The third-order valence-electron chi connectivity index (χ3n) is 3.02. The molecule has 2 aromatic heterocycles. The second-order valence-electron chi connectivity index (χ2n) is 4.41. The van der Waals surface area contributed by atoms with Gasteiger partial charge in [-0.05, 0) is 12.1 Å². The topological polar surface area (TPSA) is 128 Å². The van der Waals surface area contributed by atoms with Gasteiger partial charge in [0.1, 0.15) is 5.82 Å². The summed E-state index contributed by atoms with van der Waals surface area (Å²) in [7, 11) is 0. The average Bonchev–Trinajstić information content (AvgIpc) is 2.97. The minimum atomic E-state index is -0.589. The van der Waals surface area contributed by atoms with E-state index in [1.54, 1.807) is 18.3 Å². The zero-order chi connectivity index (χ0) is 15.7. The van der Waals surface area contributed by atoms with Crippen molar-refractivity contribution in [1.29, 1.82) is 0 Å². The van der Waals surface area contributed by atoms with Crippen LogP contribution in [-0.2, 0) is 0 Å². The summed E-state index contributed by atoms with van der Waals surface area (Å²) in [5.74, 6) is -0.185. The van der Waals surface area contributed by atoms with Crippen LogP contribution >= 0.6 is 0 Å². The summed E-state index contributed by atoms with van der Waals surface area (Å²) in [5, 5.41) is 17.4. The summed E-state index contributed by atoms with van der Waals surface area (Å²) < 4.78 is 1.44. The number of benzene rings is 1. The molecule has 0 fully saturated rings. The number of nitro benzene ring substituents is 1. The Kier molecular flexibility index (Phi) is 3.14. The molecule has 0 saturated heterocycles. The van der Waals surface area contributed by atoms with Crippen LogP contribution in [0.4, 0.5) is 17.2 Å². The summed E-state index contributed by atoms with van der Waals surface area (Å²) in [6.45, 7) is 0. The molecule has 3 rings (SSSR count). The Balaban J connectivity index is 1.96. The molecule has 22 heavy (non-hydrogen) atoms. The van der Waals surface area contributed by atoms with Crippen molar-refractivity contribution in [2.24, 2.45) is 0 Å². The van der Waals surface area contributed by atoms with E-state index in [1.165, 1.54) is 22.8 Å². The number of fused-ring (bicyclic) bond motifs is 1. The zero-order valence-corrected chi connectivity index (χ0v) is 11.1. The highest BCUT2D eigenvalue weighted by atomic mass is 16.6. The quantitative estimate of drug-likeness (QED) is 0.428. The molecular formula is C13H10N6O3. The van der Waals surface area contributed by atoms with E-state index in [1.807, 2.05) is 0 Å². The Morgan fingerprint density at radius 3 is 2.86 bits per heavy atom. The van der Waals surface area contributed by atoms with Gasteiger partial charge in [-0.2, -0.15) is 9.61 Å². The minimum absolute atomic E-state index is 0.0197. The fourth-order valence-electron chi connectivity index (χ4n) is 1.97.